The molecule has 0 aliphatic rings. The van der Waals surface area contributed by atoms with Crippen LogP contribution in [0.3, 0.4) is 0 Å². The lowest BCUT2D eigenvalue weighted by atomic mass is 10.0. The third-order valence-electron chi connectivity index (χ3n) is 3.22. The first kappa shape index (κ1) is 13.1. The highest BCUT2D eigenvalue weighted by molar-refractivity contribution is 9.10. The lowest BCUT2D eigenvalue weighted by molar-refractivity contribution is 0.209. The van der Waals surface area contributed by atoms with Crippen molar-refractivity contribution < 1.29 is 5.11 Å². The van der Waals surface area contributed by atoms with Crippen LogP contribution in [0.25, 0.3) is 11.3 Å². The molecule has 0 saturated heterocycles. The Balaban J connectivity index is 2.06. The molecule has 20 heavy (non-hydrogen) atoms. The van der Waals surface area contributed by atoms with Crippen LogP contribution in [-0.4, -0.2) is 25.1 Å². The Morgan fingerprint density at radius 2 is 2.00 bits per heavy atom. The van der Waals surface area contributed by atoms with Crippen molar-refractivity contribution >= 4 is 15.9 Å². The molecule has 0 amide bonds. The van der Waals surface area contributed by atoms with Crippen molar-refractivity contribution in [3.63, 3.8) is 0 Å². The number of aromatic amines is 1. The SMILES string of the molecule is Cn1ncc(Br)c1C(O)c1cn[nH]c1-c1ccccc1. The number of aliphatic hydroxyl groups excluding tert-OH is 1. The van der Waals surface area contributed by atoms with Crippen LogP contribution >= 0.6 is 15.9 Å². The van der Waals surface area contributed by atoms with Crippen molar-refractivity contribution in [1.29, 1.82) is 0 Å². The third kappa shape index (κ3) is 2.17. The molecular weight excluding hydrogens is 320 g/mol. The van der Waals surface area contributed by atoms with Crippen molar-refractivity contribution in [3.8, 4) is 11.3 Å². The standard InChI is InChI=1S/C14H13BrN4O/c1-19-13(11(15)8-17-19)14(20)10-7-16-18-12(10)9-5-3-2-4-6-9/h2-8,14,20H,1H3,(H,16,18). The Bertz CT molecular complexity index is 700. The molecule has 0 aliphatic carbocycles. The highest BCUT2D eigenvalue weighted by atomic mass is 79.9. The van der Waals surface area contributed by atoms with Gasteiger partial charge in [0.2, 0.25) is 0 Å². The van der Waals surface area contributed by atoms with Crippen molar-refractivity contribution in [1.82, 2.24) is 20.0 Å². The number of hydrogen-bond donors (Lipinski definition) is 2. The van der Waals surface area contributed by atoms with Crippen molar-refractivity contribution in [2.24, 2.45) is 7.05 Å². The summed E-state index contributed by atoms with van der Waals surface area (Å²) in [4.78, 5) is 0. The fourth-order valence-corrected chi connectivity index (χ4v) is 2.78. The van der Waals surface area contributed by atoms with Crippen LogP contribution < -0.4 is 0 Å². The number of nitrogens with zero attached hydrogens (tertiary/aromatic N) is 3. The summed E-state index contributed by atoms with van der Waals surface area (Å²) in [5.74, 6) is 0. The Morgan fingerprint density at radius 1 is 1.25 bits per heavy atom. The van der Waals surface area contributed by atoms with Gasteiger partial charge >= 0.3 is 0 Å². The summed E-state index contributed by atoms with van der Waals surface area (Å²) in [5.41, 5.74) is 3.22. The normalized spacial score (nSPS) is 12.6. The van der Waals surface area contributed by atoms with Gasteiger partial charge in [0.05, 0.1) is 28.3 Å². The summed E-state index contributed by atoms with van der Waals surface area (Å²) in [5, 5.41) is 21.8. The first-order valence-electron chi connectivity index (χ1n) is 6.12. The fraction of sp³-hybridized carbons (Fsp3) is 0.143. The maximum atomic E-state index is 10.6. The minimum absolute atomic E-state index is 0.698. The maximum absolute atomic E-state index is 10.6. The molecular formula is C14H13BrN4O. The zero-order chi connectivity index (χ0) is 14.1. The molecule has 1 unspecified atom stereocenters. The number of aryl methyl sites for hydroxylation is 1. The second-order valence-electron chi connectivity index (χ2n) is 4.47. The smallest absolute Gasteiger partial charge is 0.125 e. The minimum atomic E-state index is -0.800. The second-order valence-corrected chi connectivity index (χ2v) is 5.32. The lowest BCUT2D eigenvalue weighted by Gasteiger charge is -2.12. The molecule has 102 valence electrons. The van der Waals surface area contributed by atoms with E-state index in [1.54, 1.807) is 24.1 Å². The molecule has 1 atom stereocenters. The molecule has 0 spiro atoms. The number of rotatable bonds is 3. The lowest BCUT2D eigenvalue weighted by Crippen LogP contribution is -2.07. The first-order valence-corrected chi connectivity index (χ1v) is 6.92. The summed E-state index contributed by atoms with van der Waals surface area (Å²) >= 11 is 3.41. The number of hydrogen-bond acceptors (Lipinski definition) is 3. The number of aliphatic hydroxyl groups is 1. The van der Waals surface area contributed by atoms with Crippen molar-refractivity contribution in [2.75, 3.05) is 0 Å². The zero-order valence-corrected chi connectivity index (χ0v) is 12.4. The summed E-state index contributed by atoms with van der Waals surface area (Å²) in [6.07, 6.45) is 2.51. The monoisotopic (exact) mass is 332 g/mol. The van der Waals surface area contributed by atoms with E-state index in [2.05, 4.69) is 31.2 Å². The highest BCUT2D eigenvalue weighted by Crippen LogP contribution is 2.32. The largest absolute Gasteiger partial charge is 0.382 e. The molecule has 0 saturated carbocycles. The van der Waals surface area contributed by atoms with Crippen LogP contribution in [0.15, 0.2) is 47.2 Å². The molecule has 0 aliphatic heterocycles. The number of nitrogens with one attached hydrogen (secondary N) is 1. The van der Waals surface area contributed by atoms with E-state index in [4.69, 9.17) is 0 Å². The van der Waals surface area contributed by atoms with Gasteiger partial charge < -0.3 is 5.11 Å². The quantitative estimate of drug-likeness (QED) is 0.774. The highest BCUT2D eigenvalue weighted by Gasteiger charge is 2.22. The van der Waals surface area contributed by atoms with Crippen molar-refractivity contribution in [3.05, 3.63) is 58.5 Å². The number of halogens is 1. The average molecular weight is 333 g/mol. The third-order valence-corrected chi connectivity index (χ3v) is 3.83. The van der Waals surface area contributed by atoms with Gasteiger partial charge in [-0.2, -0.15) is 10.2 Å². The number of aromatic nitrogens is 4. The van der Waals surface area contributed by atoms with Gasteiger partial charge in [0.25, 0.3) is 0 Å². The summed E-state index contributed by atoms with van der Waals surface area (Å²) < 4.78 is 2.42. The number of H-pyrrole nitrogens is 1. The molecule has 2 N–H and O–H groups in total. The minimum Gasteiger partial charge on any atom is -0.382 e. The molecule has 3 rings (SSSR count). The van der Waals surface area contributed by atoms with Gasteiger partial charge in [-0.15, -0.1) is 0 Å². The Hall–Kier alpha value is -1.92. The maximum Gasteiger partial charge on any atom is 0.125 e. The molecule has 0 radical (unpaired) electrons. The van der Waals surface area contributed by atoms with Gasteiger partial charge in [-0.25, -0.2) is 0 Å². The van der Waals surface area contributed by atoms with Gasteiger partial charge in [-0.1, -0.05) is 30.3 Å². The Morgan fingerprint density at radius 3 is 2.65 bits per heavy atom. The van der Waals surface area contributed by atoms with E-state index in [0.717, 1.165) is 21.3 Å². The van der Waals surface area contributed by atoms with Gasteiger partial charge in [-0.3, -0.25) is 9.78 Å². The van der Waals surface area contributed by atoms with Crippen LogP contribution in [0.2, 0.25) is 0 Å². The van der Waals surface area contributed by atoms with Crippen LogP contribution in [0, 0.1) is 0 Å². The van der Waals surface area contributed by atoms with E-state index in [-0.39, 0.29) is 0 Å². The zero-order valence-electron chi connectivity index (χ0n) is 10.8. The van der Waals surface area contributed by atoms with Crippen molar-refractivity contribution in [2.45, 2.75) is 6.10 Å². The molecule has 0 bridgehead atoms. The summed E-state index contributed by atoms with van der Waals surface area (Å²) in [7, 11) is 1.80. The van der Waals surface area contributed by atoms with Gasteiger partial charge in [0, 0.05) is 12.6 Å². The second kappa shape index (κ2) is 5.22. The van der Waals surface area contributed by atoms with Gasteiger partial charge in [-0.05, 0) is 21.5 Å². The van der Waals surface area contributed by atoms with E-state index in [1.165, 1.54) is 0 Å². The van der Waals surface area contributed by atoms with E-state index in [1.807, 2.05) is 30.3 Å². The van der Waals surface area contributed by atoms with E-state index < -0.39 is 6.10 Å². The average Bonchev–Trinajstić information content (AvgIpc) is 3.07. The Kier molecular flexibility index (Phi) is 3.42. The molecule has 2 aromatic heterocycles. The van der Waals surface area contributed by atoms with E-state index >= 15 is 0 Å². The van der Waals surface area contributed by atoms with Gasteiger partial charge in [0.1, 0.15) is 6.10 Å². The van der Waals surface area contributed by atoms with E-state index in [9.17, 15) is 5.11 Å². The molecule has 6 heteroatoms. The molecule has 0 fully saturated rings. The topological polar surface area (TPSA) is 66.7 Å². The molecule has 3 aromatic rings. The Labute approximate surface area is 124 Å². The molecule has 1 aromatic carbocycles. The van der Waals surface area contributed by atoms with Crippen LogP contribution in [0.4, 0.5) is 0 Å². The molecule has 2 heterocycles. The predicted molar refractivity (Wildman–Crippen MR) is 79.0 cm³/mol. The van der Waals surface area contributed by atoms with Gasteiger partial charge in [0.15, 0.2) is 0 Å². The number of benzene rings is 1. The summed E-state index contributed by atoms with van der Waals surface area (Å²) in [6, 6.07) is 9.80. The van der Waals surface area contributed by atoms with E-state index in [0.29, 0.717) is 5.69 Å². The predicted octanol–water partition coefficient (Wildman–Crippen LogP) is 2.65. The first-order chi connectivity index (χ1) is 9.68. The fourth-order valence-electron chi connectivity index (χ4n) is 2.21. The summed E-state index contributed by atoms with van der Waals surface area (Å²) in [6.45, 7) is 0. The van der Waals surface area contributed by atoms with Crippen LogP contribution in [-0.2, 0) is 7.05 Å². The van der Waals surface area contributed by atoms with Crippen LogP contribution in [0.1, 0.15) is 17.4 Å². The molecule has 5 nitrogen and oxygen atoms in total. The van der Waals surface area contributed by atoms with Crippen LogP contribution in [0.5, 0.6) is 0 Å².